The number of para-hydroxylation sites is 2. The topological polar surface area (TPSA) is 73.2 Å². The Morgan fingerprint density at radius 3 is 1.75 bits per heavy atom. The molecule has 2 aromatic heterocycles. The first-order valence-corrected chi connectivity index (χ1v) is 19.5. The van der Waals surface area contributed by atoms with Crippen LogP contribution in [0.1, 0.15) is 16.7 Å². The smallest absolute Gasteiger partial charge is 0.154 e. The first kappa shape index (κ1) is 36.8. The zero-order chi connectivity index (χ0) is 39.1. The number of aryl methyl sites for hydroxylation is 1. The zero-order valence-corrected chi connectivity index (χ0v) is 32.3. The lowest BCUT2D eigenvalue weighted by atomic mass is 9.94. The Bertz CT molecular complexity index is 3000. The van der Waals surface area contributed by atoms with Gasteiger partial charge in [0.05, 0.1) is 5.56 Å². The molecule has 0 saturated heterocycles. The van der Waals surface area contributed by atoms with Gasteiger partial charge in [0, 0.05) is 48.3 Å². The van der Waals surface area contributed by atoms with Crippen molar-refractivity contribution >= 4 is 72.2 Å². The largest absolute Gasteiger partial charge is 0.455 e. The molecule has 0 radical (unpaired) electrons. The monoisotopic (exact) mass is 753 g/mol. The summed E-state index contributed by atoms with van der Waals surface area (Å²) in [6, 6.07) is 64.4. The van der Waals surface area contributed by atoms with Gasteiger partial charge in [0.1, 0.15) is 11.2 Å². The molecule has 10 aromatic rings. The molecule has 4 nitrogen and oxygen atoms in total. The van der Waals surface area contributed by atoms with E-state index in [1.54, 1.807) is 0 Å². The highest BCUT2D eigenvalue weighted by Gasteiger charge is 2.18. The van der Waals surface area contributed by atoms with Crippen LogP contribution in [0.5, 0.6) is 0 Å². The molecule has 0 atom stereocenters. The summed E-state index contributed by atoms with van der Waals surface area (Å²) in [6.07, 6.45) is 1.49. The third-order valence-corrected chi connectivity index (χ3v) is 11.2. The van der Waals surface area contributed by atoms with Crippen LogP contribution in [-0.4, -0.2) is 18.8 Å². The molecular formula is C52H39N3OS. The van der Waals surface area contributed by atoms with Crippen LogP contribution in [0, 0.1) is 17.7 Å². The first-order chi connectivity index (χ1) is 28.0. The minimum atomic E-state index is 0.134. The number of benzene rings is 8. The van der Waals surface area contributed by atoms with E-state index in [1.165, 1.54) is 65.3 Å². The lowest BCUT2D eigenvalue weighted by Crippen LogP contribution is -1.93. The van der Waals surface area contributed by atoms with Gasteiger partial charge in [-0.2, -0.15) is 0 Å². The van der Waals surface area contributed by atoms with E-state index in [4.69, 9.17) is 15.2 Å². The summed E-state index contributed by atoms with van der Waals surface area (Å²) in [6.45, 7) is 5.46. The SMILES string of the molecule is C=NC(=N)c1cccc2c1oc1ccccc12.Cc1ccccc1.N=Cc1ccc(-c2ccccc2)c2sc3c(-c4ccccc4)cc(-c4ccccc4)cc3c12. The highest BCUT2D eigenvalue weighted by Crippen LogP contribution is 2.46. The van der Waals surface area contributed by atoms with Crippen molar-refractivity contribution in [3.63, 3.8) is 0 Å². The van der Waals surface area contributed by atoms with Crippen LogP contribution >= 0.6 is 11.3 Å². The van der Waals surface area contributed by atoms with E-state index < -0.39 is 0 Å². The van der Waals surface area contributed by atoms with Crippen LogP contribution in [0.25, 0.3) is 75.5 Å². The molecule has 0 saturated carbocycles. The third kappa shape index (κ3) is 7.57. The molecule has 0 fully saturated rings. The molecule has 2 heterocycles. The fourth-order valence-electron chi connectivity index (χ4n) is 7.16. The van der Waals surface area contributed by atoms with Crippen molar-refractivity contribution in [3.8, 4) is 33.4 Å². The minimum absolute atomic E-state index is 0.134. The number of hydrogen-bond donors (Lipinski definition) is 2. The van der Waals surface area contributed by atoms with E-state index in [2.05, 4.69) is 146 Å². The molecule has 0 unspecified atom stereocenters. The maximum Gasteiger partial charge on any atom is 0.154 e. The van der Waals surface area contributed by atoms with E-state index in [0.717, 1.165) is 21.9 Å². The fourth-order valence-corrected chi connectivity index (χ4v) is 8.54. The van der Waals surface area contributed by atoms with Gasteiger partial charge in [0.15, 0.2) is 5.84 Å². The first-order valence-electron chi connectivity index (χ1n) is 18.7. The lowest BCUT2D eigenvalue weighted by Gasteiger charge is -2.09. The van der Waals surface area contributed by atoms with Crippen molar-refractivity contribution < 1.29 is 4.42 Å². The normalized spacial score (nSPS) is 10.8. The number of amidine groups is 1. The molecule has 0 amide bonds. The van der Waals surface area contributed by atoms with E-state index in [-0.39, 0.29) is 5.84 Å². The van der Waals surface area contributed by atoms with Crippen LogP contribution < -0.4 is 0 Å². The van der Waals surface area contributed by atoms with Crippen LogP contribution in [0.15, 0.2) is 197 Å². The molecular weight excluding hydrogens is 715 g/mol. The van der Waals surface area contributed by atoms with Gasteiger partial charge in [-0.25, -0.2) is 4.99 Å². The highest BCUT2D eigenvalue weighted by molar-refractivity contribution is 7.27. The van der Waals surface area contributed by atoms with Gasteiger partial charge < -0.3 is 9.83 Å². The molecule has 0 bridgehead atoms. The van der Waals surface area contributed by atoms with Crippen LogP contribution in [0.2, 0.25) is 0 Å². The Hall–Kier alpha value is -7.21. The lowest BCUT2D eigenvalue weighted by molar-refractivity contribution is 0.668. The second kappa shape index (κ2) is 16.7. The van der Waals surface area contributed by atoms with Crippen molar-refractivity contribution in [1.29, 1.82) is 10.8 Å². The fraction of sp³-hybridized carbons (Fsp3) is 0.0192. The minimum Gasteiger partial charge on any atom is -0.455 e. The molecule has 2 N–H and O–H groups in total. The van der Waals surface area contributed by atoms with Crippen LogP contribution in [-0.2, 0) is 0 Å². The summed E-state index contributed by atoms with van der Waals surface area (Å²) in [5.74, 6) is 0.134. The number of nitrogens with zero attached hydrogens (tertiary/aromatic N) is 1. The standard InChI is InChI=1S/C31H21NS.C14H10N2O.C7H8/c32-20-24-16-17-26(22-12-6-2-7-13-22)31-29(24)28-19-25(21-10-4-1-5-11-21)18-27(30(28)33-31)23-14-8-3-9-15-23;1-16-14(15)11-7-4-6-10-9-5-2-3-8-12(9)17-13(10)11;1-7-5-3-2-4-6-7/h1-20,32H;2-8,15H,1H2;2-6H,1H3. The van der Waals surface area contributed by atoms with E-state index in [9.17, 15) is 0 Å². The predicted molar refractivity (Wildman–Crippen MR) is 245 cm³/mol. The van der Waals surface area contributed by atoms with Gasteiger partial charge >= 0.3 is 0 Å². The quantitative estimate of drug-likeness (QED) is 0.133. The van der Waals surface area contributed by atoms with Gasteiger partial charge in [-0.05, 0) is 65.7 Å². The zero-order valence-electron chi connectivity index (χ0n) is 31.4. The van der Waals surface area contributed by atoms with Gasteiger partial charge in [0.2, 0.25) is 0 Å². The number of rotatable bonds is 5. The molecule has 0 aliphatic rings. The van der Waals surface area contributed by atoms with Crippen molar-refractivity contribution in [2.75, 3.05) is 0 Å². The highest BCUT2D eigenvalue weighted by atomic mass is 32.1. The van der Waals surface area contributed by atoms with Crippen molar-refractivity contribution in [2.45, 2.75) is 6.92 Å². The maximum absolute atomic E-state index is 8.13. The summed E-state index contributed by atoms with van der Waals surface area (Å²) in [5.41, 5.74) is 11.8. The summed E-state index contributed by atoms with van der Waals surface area (Å²) in [4.78, 5) is 3.65. The molecule has 10 rings (SSSR count). The third-order valence-electron chi connectivity index (χ3n) is 9.94. The summed E-state index contributed by atoms with van der Waals surface area (Å²) in [5, 5.41) is 20.3. The molecule has 0 spiro atoms. The second-order valence-electron chi connectivity index (χ2n) is 13.6. The van der Waals surface area contributed by atoms with Crippen molar-refractivity contribution in [1.82, 2.24) is 0 Å². The molecule has 0 aliphatic carbocycles. The number of furan rings is 1. The average molecular weight is 754 g/mol. The molecule has 274 valence electrons. The van der Waals surface area contributed by atoms with E-state index in [0.29, 0.717) is 11.1 Å². The Balaban J connectivity index is 0.000000156. The Labute approximate surface area is 336 Å². The van der Waals surface area contributed by atoms with E-state index >= 15 is 0 Å². The Kier molecular flexibility index (Phi) is 10.7. The van der Waals surface area contributed by atoms with Crippen LogP contribution in [0.3, 0.4) is 0 Å². The van der Waals surface area contributed by atoms with Gasteiger partial charge in [-0.15, -0.1) is 11.3 Å². The molecule has 0 aliphatic heterocycles. The van der Waals surface area contributed by atoms with Crippen molar-refractivity contribution in [2.24, 2.45) is 4.99 Å². The number of aliphatic imine (C=N–C) groups is 1. The molecule has 5 heteroatoms. The number of fused-ring (bicyclic) bond motifs is 6. The number of thiophene rings is 1. The molecule has 8 aromatic carbocycles. The number of hydrogen-bond acceptors (Lipinski definition) is 4. The average Bonchev–Trinajstić information content (AvgIpc) is 3.86. The summed E-state index contributed by atoms with van der Waals surface area (Å²) in [7, 11) is 0. The van der Waals surface area contributed by atoms with Crippen molar-refractivity contribution in [3.05, 3.63) is 205 Å². The van der Waals surface area contributed by atoms with E-state index in [1.807, 2.05) is 72.0 Å². The number of nitrogens with one attached hydrogen (secondary N) is 2. The Morgan fingerprint density at radius 2 is 1.14 bits per heavy atom. The van der Waals surface area contributed by atoms with Gasteiger partial charge in [-0.1, -0.05) is 169 Å². The molecule has 57 heavy (non-hydrogen) atoms. The second-order valence-corrected chi connectivity index (χ2v) is 14.6. The van der Waals surface area contributed by atoms with Gasteiger partial charge in [0.25, 0.3) is 0 Å². The Morgan fingerprint density at radius 1 is 0.561 bits per heavy atom. The summed E-state index contributed by atoms with van der Waals surface area (Å²) >= 11 is 1.83. The van der Waals surface area contributed by atoms with Crippen LogP contribution in [0.4, 0.5) is 0 Å². The summed E-state index contributed by atoms with van der Waals surface area (Å²) < 4.78 is 8.28. The predicted octanol–water partition coefficient (Wildman–Crippen LogP) is 14.7. The maximum atomic E-state index is 8.13. The van der Waals surface area contributed by atoms with Gasteiger partial charge in [-0.3, -0.25) is 5.41 Å².